The number of nitrogens with two attached hydrogens (primary N) is 1. The third-order valence-electron chi connectivity index (χ3n) is 5.67. The number of amides is 2. The van der Waals surface area contributed by atoms with E-state index in [1.165, 1.54) is 11.8 Å². The van der Waals surface area contributed by atoms with Crippen LogP contribution >= 0.6 is 11.8 Å². The molecule has 3 N–H and O–H groups in total. The first-order chi connectivity index (χ1) is 19.4. The minimum absolute atomic E-state index is 0.0129. The summed E-state index contributed by atoms with van der Waals surface area (Å²) in [5.41, 5.74) is 5.43. The van der Waals surface area contributed by atoms with Gasteiger partial charge >= 0.3 is 6.04 Å². The van der Waals surface area contributed by atoms with Crippen molar-refractivity contribution < 1.29 is 42.5 Å². The van der Waals surface area contributed by atoms with Gasteiger partial charge in [0.15, 0.2) is 0 Å². The van der Waals surface area contributed by atoms with Crippen molar-refractivity contribution in [2.45, 2.75) is 63.0 Å². The molecule has 0 bridgehead atoms. The van der Waals surface area contributed by atoms with Crippen LogP contribution in [-0.2, 0) is 38.1 Å². The second-order valence-corrected chi connectivity index (χ2v) is 10.5. The van der Waals surface area contributed by atoms with Crippen LogP contribution in [0.2, 0.25) is 0 Å². The summed E-state index contributed by atoms with van der Waals surface area (Å²) in [6.07, 6.45) is 5.91. The van der Waals surface area contributed by atoms with Crippen molar-refractivity contribution in [2.75, 3.05) is 85.3 Å². The summed E-state index contributed by atoms with van der Waals surface area (Å²) in [4.78, 5) is 47.1. The average Bonchev–Trinajstić information content (AvgIpc) is 2.93. The number of hydrogen-bond acceptors (Lipinski definition) is 10. The number of aldehydes is 1. The Hall–Kier alpha value is -1.64. The van der Waals surface area contributed by atoms with Crippen molar-refractivity contribution in [1.29, 1.82) is 0 Å². The Labute approximate surface area is 242 Å². The van der Waals surface area contributed by atoms with Crippen molar-refractivity contribution in [1.82, 2.24) is 10.2 Å². The molecule has 1 atom stereocenters. The predicted molar refractivity (Wildman–Crippen MR) is 153 cm³/mol. The van der Waals surface area contributed by atoms with Gasteiger partial charge in [-0.2, -0.15) is 4.39 Å². The molecule has 0 aromatic carbocycles. The Morgan fingerprint density at radius 1 is 0.850 bits per heavy atom. The van der Waals surface area contributed by atoms with E-state index < -0.39 is 11.3 Å². The van der Waals surface area contributed by atoms with Crippen molar-refractivity contribution in [3.63, 3.8) is 0 Å². The van der Waals surface area contributed by atoms with Crippen LogP contribution < -0.4 is 11.1 Å². The zero-order valence-electron chi connectivity index (χ0n) is 24.1. The fraction of sp³-hybridized carbons (Fsp3) is 0.852. The number of halogens is 1. The Kier molecular flexibility index (Phi) is 27.7. The van der Waals surface area contributed by atoms with Gasteiger partial charge in [0.1, 0.15) is 6.29 Å². The van der Waals surface area contributed by atoms with E-state index in [0.717, 1.165) is 25.5 Å². The molecule has 0 rings (SSSR count). The van der Waals surface area contributed by atoms with E-state index in [1.54, 1.807) is 11.9 Å². The highest BCUT2D eigenvalue weighted by Crippen LogP contribution is 2.14. The molecule has 0 fully saturated rings. The Balaban J connectivity index is 3.50. The Bertz CT molecular complexity index is 663. The van der Waals surface area contributed by atoms with Gasteiger partial charge < -0.3 is 39.7 Å². The highest BCUT2D eigenvalue weighted by molar-refractivity contribution is 8.00. The van der Waals surface area contributed by atoms with E-state index in [-0.39, 0.29) is 24.7 Å². The Morgan fingerprint density at radius 3 is 2.05 bits per heavy atom. The average molecular weight is 596 g/mol. The molecular formula is C27H50FN3O8S. The first kappa shape index (κ1) is 38.4. The second-order valence-electron chi connectivity index (χ2n) is 9.13. The summed E-state index contributed by atoms with van der Waals surface area (Å²) in [7, 11) is 1.67. The summed E-state index contributed by atoms with van der Waals surface area (Å²) in [5.74, 6) is 0.445. The van der Waals surface area contributed by atoms with E-state index >= 15 is 0 Å². The molecule has 0 heterocycles. The molecule has 0 spiro atoms. The lowest BCUT2D eigenvalue weighted by atomic mass is 10.2. The number of ether oxygens (including phenoxy) is 4. The zero-order chi connectivity index (χ0) is 29.7. The van der Waals surface area contributed by atoms with Gasteiger partial charge in [0.05, 0.1) is 58.1 Å². The molecule has 1 unspecified atom stereocenters. The number of hydrogen-bond donors (Lipinski definition) is 2. The predicted octanol–water partition coefficient (Wildman–Crippen LogP) is 1.89. The largest absolute Gasteiger partial charge is 0.379 e. The molecule has 0 aliphatic carbocycles. The highest BCUT2D eigenvalue weighted by atomic mass is 32.2. The van der Waals surface area contributed by atoms with E-state index in [4.69, 9.17) is 24.7 Å². The number of nitrogens with one attached hydrogen (secondary N) is 1. The fourth-order valence-corrected chi connectivity index (χ4v) is 4.19. The lowest BCUT2D eigenvalue weighted by Crippen LogP contribution is -2.30. The van der Waals surface area contributed by atoms with Gasteiger partial charge in [-0.1, -0.05) is 12.8 Å². The van der Waals surface area contributed by atoms with Gasteiger partial charge in [0.25, 0.3) is 0 Å². The van der Waals surface area contributed by atoms with E-state index in [2.05, 4.69) is 5.32 Å². The topological polar surface area (TPSA) is 146 Å². The smallest absolute Gasteiger partial charge is 0.301 e. The fourth-order valence-electron chi connectivity index (χ4n) is 3.34. The molecule has 0 saturated heterocycles. The van der Waals surface area contributed by atoms with Crippen LogP contribution in [0.15, 0.2) is 0 Å². The molecule has 13 heteroatoms. The van der Waals surface area contributed by atoms with Crippen LogP contribution in [0.4, 0.5) is 4.39 Å². The molecule has 40 heavy (non-hydrogen) atoms. The first-order valence-electron chi connectivity index (χ1n) is 14.2. The summed E-state index contributed by atoms with van der Waals surface area (Å²) in [6.45, 7) is 5.21. The van der Waals surface area contributed by atoms with E-state index in [0.29, 0.717) is 104 Å². The summed E-state index contributed by atoms with van der Waals surface area (Å²) >= 11 is 1.37. The van der Waals surface area contributed by atoms with Crippen molar-refractivity contribution >= 4 is 35.9 Å². The molecule has 0 saturated carbocycles. The van der Waals surface area contributed by atoms with Gasteiger partial charge in [-0.15, -0.1) is 11.8 Å². The second kappa shape index (κ2) is 28.9. The SMILES string of the molecule is CN(CCCCCC(=O)F)C(=O)CC(C=O)SCCOCCOCCOCCOCCC(=O)NCCCCCN. The first-order valence-corrected chi connectivity index (χ1v) is 15.2. The van der Waals surface area contributed by atoms with Crippen LogP contribution in [0, 0.1) is 0 Å². The van der Waals surface area contributed by atoms with Crippen molar-refractivity contribution in [2.24, 2.45) is 5.73 Å². The number of rotatable bonds is 30. The highest BCUT2D eigenvalue weighted by Gasteiger charge is 2.16. The van der Waals surface area contributed by atoms with Crippen molar-refractivity contribution in [3.05, 3.63) is 0 Å². The number of carbonyl (C=O) groups excluding carboxylic acids is 4. The summed E-state index contributed by atoms with van der Waals surface area (Å²) in [6, 6.07) is -1.31. The molecule has 0 radical (unpaired) electrons. The van der Waals surface area contributed by atoms with E-state index in [1.807, 2.05) is 0 Å². The lowest BCUT2D eigenvalue weighted by molar-refractivity contribution is -0.131. The maximum Gasteiger partial charge on any atom is 0.301 e. The van der Waals surface area contributed by atoms with Crippen LogP contribution in [0.3, 0.4) is 0 Å². The Morgan fingerprint density at radius 2 is 1.45 bits per heavy atom. The minimum atomic E-state index is -1.31. The number of thioether (sulfide) groups is 1. The third kappa shape index (κ3) is 26.6. The molecule has 0 aromatic heterocycles. The van der Waals surface area contributed by atoms with Gasteiger partial charge in [-0.3, -0.25) is 14.4 Å². The summed E-state index contributed by atoms with van der Waals surface area (Å²) < 4.78 is 33.9. The molecular weight excluding hydrogens is 545 g/mol. The molecule has 234 valence electrons. The summed E-state index contributed by atoms with van der Waals surface area (Å²) in [5, 5.41) is 2.42. The molecule has 2 amide bonds. The van der Waals surface area contributed by atoms with E-state index in [9.17, 15) is 23.6 Å². The maximum atomic E-state index is 12.3. The van der Waals surface area contributed by atoms with Crippen LogP contribution in [-0.4, -0.2) is 120 Å². The molecule has 0 aromatic rings. The monoisotopic (exact) mass is 595 g/mol. The number of nitrogens with zero attached hydrogens (tertiary/aromatic N) is 1. The minimum Gasteiger partial charge on any atom is -0.379 e. The molecule has 0 aliphatic rings. The van der Waals surface area contributed by atoms with Gasteiger partial charge in [0.2, 0.25) is 11.8 Å². The van der Waals surface area contributed by atoms with Gasteiger partial charge in [-0.05, 0) is 32.2 Å². The lowest BCUT2D eigenvalue weighted by Gasteiger charge is -2.19. The third-order valence-corrected chi connectivity index (χ3v) is 6.78. The normalized spacial score (nSPS) is 11.8. The van der Waals surface area contributed by atoms with Crippen LogP contribution in [0.25, 0.3) is 0 Å². The standard InChI is InChI=1S/C27H50FN3O8S/c1-31(12-7-2-4-8-25(28)33)27(35)22-24(23-32)40-21-20-39-19-18-38-17-16-37-15-14-36-13-9-26(34)30-11-6-3-5-10-29/h23-24H,2-22,29H2,1H3,(H,30,34). The molecule has 11 nitrogen and oxygen atoms in total. The molecule has 0 aliphatic heterocycles. The maximum absolute atomic E-state index is 12.3. The van der Waals surface area contributed by atoms with Gasteiger partial charge in [0, 0.05) is 45.2 Å². The van der Waals surface area contributed by atoms with Crippen LogP contribution in [0.5, 0.6) is 0 Å². The van der Waals surface area contributed by atoms with Crippen LogP contribution in [0.1, 0.15) is 57.8 Å². The number of carbonyl (C=O) groups is 4. The van der Waals surface area contributed by atoms with Gasteiger partial charge in [-0.25, -0.2) is 0 Å². The number of unbranched alkanes of at least 4 members (excludes halogenated alkanes) is 4. The quantitative estimate of drug-likeness (QED) is 0.0717. The zero-order valence-corrected chi connectivity index (χ0v) is 24.9. The van der Waals surface area contributed by atoms with Crippen molar-refractivity contribution in [3.8, 4) is 0 Å².